The molecule has 0 saturated carbocycles. The van der Waals surface area contributed by atoms with Gasteiger partial charge in [-0.05, 0) is 24.3 Å². The van der Waals surface area contributed by atoms with Crippen molar-refractivity contribution in [2.75, 3.05) is 0 Å². The van der Waals surface area contributed by atoms with E-state index in [4.69, 9.17) is 0 Å². The molecule has 0 radical (unpaired) electrons. The van der Waals surface area contributed by atoms with Crippen LogP contribution >= 0.6 is 0 Å². The van der Waals surface area contributed by atoms with E-state index in [1.807, 2.05) is 0 Å². The van der Waals surface area contributed by atoms with Crippen LogP contribution in [0.1, 0.15) is 15.9 Å². The summed E-state index contributed by atoms with van der Waals surface area (Å²) in [6.07, 6.45) is 0. The van der Waals surface area contributed by atoms with E-state index in [0.717, 1.165) is 24.3 Å². The summed E-state index contributed by atoms with van der Waals surface area (Å²) in [5, 5.41) is 57.0. The molecule has 0 atom stereocenters. The summed E-state index contributed by atoms with van der Waals surface area (Å²) < 4.78 is 0. The lowest BCUT2D eigenvalue weighted by Gasteiger charge is -2.11. The van der Waals surface area contributed by atoms with Crippen molar-refractivity contribution in [3.8, 4) is 34.5 Å². The largest absolute Gasteiger partial charge is 0.507 e. The highest BCUT2D eigenvalue weighted by Gasteiger charge is 2.27. The first kappa shape index (κ1) is 13.3. The monoisotopic (exact) mass is 278 g/mol. The molecule has 0 spiro atoms. The van der Waals surface area contributed by atoms with Crippen LogP contribution in [-0.4, -0.2) is 36.4 Å². The molecule has 104 valence electrons. The number of benzene rings is 2. The first-order chi connectivity index (χ1) is 9.34. The third-order valence-corrected chi connectivity index (χ3v) is 2.72. The molecule has 0 unspecified atom stereocenters. The van der Waals surface area contributed by atoms with Gasteiger partial charge in [-0.3, -0.25) is 4.79 Å². The van der Waals surface area contributed by atoms with Crippen LogP contribution in [0.4, 0.5) is 0 Å². The molecule has 0 amide bonds. The molecule has 2 rings (SSSR count). The van der Waals surface area contributed by atoms with Gasteiger partial charge in [0.1, 0.15) is 22.6 Å². The van der Waals surface area contributed by atoms with E-state index in [-0.39, 0.29) is 0 Å². The Labute approximate surface area is 112 Å². The van der Waals surface area contributed by atoms with E-state index >= 15 is 0 Å². The second-order valence-corrected chi connectivity index (χ2v) is 3.98. The number of carbonyl (C=O) groups is 1. The fourth-order valence-electron chi connectivity index (χ4n) is 1.71. The number of hydrogen-bond donors (Lipinski definition) is 6. The molecule has 0 bridgehead atoms. The quantitative estimate of drug-likeness (QED) is 0.275. The van der Waals surface area contributed by atoms with Crippen molar-refractivity contribution in [3.63, 3.8) is 0 Å². The van der Waals surface area contributed by atoms with Gasteiger partial charge in [-0.15, -0.1) is 0 Å². The molecule has 0 heterocycles. The summed E-state index contributed by atoms with van der Waals surface area (Å²) in [4.78, 5) is 12.2. The molecule has 7 nitrogen and oxygen atoms in total. The molecule has 20 heavy (non-hydrogen) atoms. The van der Waals surface area contributed by atoms with Gasteiger partial charge in [0.15, 0.2) is 23.0 Å². The zero-order valence-electron chi connectivity index (χ0n) is 9.90. The lowest BCUT2D eigenvalue weighted by molar-refractivity contribution is 0.102. The SMILES string of the molecule is O=C(c1c(O)ccc(O)c1O)c1c(O)ccc(O)c1O. The molecule has 0 aliphatic heterocycles. The van der Waals surface area contributed by atoms with Crippen molar-refractivity contribution in [3.05, 3.63) is 35.4 Å². The summed E-state index contributed by atoms with van der Waals surface area (Å²) in [6.45, 7) is 0. The van der Waals surface area contributed by atoms with Gasteiger partial charge in [-0.2, -0.15) is 0 Å². The third kappa shape index (κ3) is 1.91. The van der Waals surface area contributed by atoms with Crippen molar-refractivity contribution < 1.29 is 35.4 Å². The minimum absolute atomic E-state index is 0.660. The van der Waals surface area contributed by atoms with Crippen LogP contribution in [0.25, 0.3) is 0 Å². The highest BCUT2D eigenvalue weighted by Crippen LogP contribution is 2.42. The molecule has 0 aromatic heterocycles. The highest BCUT2D eigenvalue weighted by molar-refractivity contribution is 6.16. The Kier molecular flexibility index (Phi) is 3.03. The standard InChI is InChI=1S/C13H10O7/c14-5-1-3-7(16)11(18)9(5)13(20)10-6(15)2-4-8(17)12(10)19/h1-4,14-19H. The normalized spacial score (nSPS) is 10.4. The van der Waals surface area contributed by atoms with Crippen molar-refractivity contribution >= 4 is 5.78 Å². The molecule has 0 saturated heterocycles. The zero-order valence-corrected chi connectivity index (χ0v) is 9.90. The van der Waals surface area contributed by atoms with E-state index in [9.17, 15) is 35.4 Å². The van der Waals surface area contributed by atoms with E-state index in [1.165, 1.54) is 0 Å². The smallest absolute Gasteiger partial charge is 0.208 e. The maximum Gasteiger partial charge on any atom is 0.208 e. The maximum atomic E-state index is 12.2. The van der Waals surface area contributed by atoms with Gasteiger partial charge in [0.05, 0.1) is 0 Å². The Bertz CT molecular complexity index is 647. The lowest BCUT2D eigenvalue weighted by Crippen LogP contribution is -2.03. The van der Waals surface area contributed by atoms with Crippen LogP contribution in [-0.2, 0) is 0 Å². The predicted molar refractivity (Wildman–Crippen MR) is 66.3 cm³/mol. The predicted octanol–water partition coefficient (Wildman–Crippen LogP) is 1.15. The van der Waals surface area contributed by atoms with Crippen molar-refractivity contribution in [1.82, 2.24) is 0 Å². The zero-order chi connectivity index (χ0) is 15.0. The number of ketones is 1. The van der Waals surface area contributed by atoms with E-state index in [0.29, 0.717) is 0 Å². The minimum atomic E-state index is -1.17. The Hall–Kier alpha value is -3.09. The summed E-state index contributed by atoms with van der Waals surface area (Å²) >= 11 is 0. The van der Waals surface area contributed by atoms with Gasteiger partial charge < -0.3 is 30.6 Å². The topological polar surface area (TPSA) is 138 Å². The number of phenolic OH excluding ortho intramolecular Hbond substituents is 6. The average molecular weight is 278 g/mol. The van der Waals surface area contributed by atoms with Gasteiger partial charge >= 0.3 is 0 Å². The van der Waals surface area contributed by atoms with Crippen molar-refractivity contribution in [1.29, 1.82) is 0 Å². The number of hydrogen-bond acceptors (Lipinski definition) is 7. The first-order valence-electron chi connectivity index (χ1n) is 5.37. The second kappa shape index (κ2) is 4.54. The molecule has 7 heteroatoms. The summed E-state index contributed by atoms with van der Waals surface area (Å²) in [5.41, 5.74) is -1.41. The van der Waals surface area contributed by atoms with Gasteiger partial charge in [0.2, 0.25) is 5.78 Å². The molecule has 0 fully saturated rings. The van der Waals surface area contributed by atoms with Crippen molar-refractivity contribution in [2.45, 2.75) is 0 Å². The van der Waals surface area contributed by atoms with Gasteiger partial charge in [0, 0.05) is 0 Å². The van der Waals surface area contributed by atoms with E-state index in [2.05, 4.69) is 0 Å². The fraction of sp³-hybridized carbons (Fsp3) is 0. The number of rotatable bonds is 2. The second-order valence-electron chi connectivity index (χ2n) is 3.98. The first-order valence-corrected chi connectivity index (χ1v) is 5.37. The maximum absolute atomic E-state index is 12.2. The van der Waals surface area contributed by atoms with Crippen LogP contribution in [0.2, 0.25) is 0 Å². The summed E-state index contributed by atoms with van der Waals surface area (Å²) in [5.74, 6) is -5.62. The third-order valence-electron chi connectivity index (χ3n) is 2.72. The molecule has 2 aromatic rings. The summed E-state index contributed by atoms with van der Waals surface area (Å²) in [6, 6.07) is 3.84. The van der Waals surface area contributed by atoms with Crippen LogP contribution in [0.3, 0.4) is 0 Å². The van der Waals surface area contributed by atoms with E-state index in [1.54, 1.807) is 0 Å². The Morgan fingerprint density at radius 2 is 0.900 bits per heavy atom. The number of phenols is 6. The molecular weight excluding hydrogens is 268 g/mol. The number of aromatic hydroxyl groups is 6. The molecule has 0 aliphatic rings. The lowest BCUT2D eigenvalue weighted by atomic mass is 9.99. The van der Waals surface area contributed by atoms with Crippen molar-refractivity contribution in [2.24, 2.45) is 0 Å². The molecule has 0 aliphatic carbocycles. The molecule has 6 N–H and O–H groups in total. The minimum Gasteiger partial charge on any atom is -0.507 e. The van der Waals surface area contributed by atoms with Gasteiger partial charge in [0.25, 0.3) is 0 Å². The molecular formula is C13H10O7. The van der Waals surface area contributed by atoms with Crippen LogP contribution in [0, 0.1) is 0 Å². The van der Waals surface area contributed by atoms with Crippen LogP contribution in [0.5, 0.6) is 34.5 Å². The Morgan fingerprint density at radius 1 is 0.600 bits per heavy atom. The van der Waals surface area contributed by atoms with Crippen LogP contribution in [0.15, 0.2) is 24.3 Å². The average Bonchev–Trinajstić information content (AvgIpc) is 2.39. The van der Waals surface area contributed by atoms with E-state index < -0.39 is 51.4 Å². The number of carbonyl (C=O) groups excluding carboxylic acids is 1. The molecule has 2 aromatic carbocycles. The fourth-order valence-corrected chi connectivity index (χ4v) is 1.71. The summed E-state index contributed by atoms with van der Waals surface area (Å²) in [7, 11) is 0. The van der Waals surface area contributed by atoms with Gasteiger partial charge in [-0.1, -0.05) is 0 Å². The Balaban J connectivity index is 2.71. The van der Waals surface area contributed by atoms with Crippen LogP contribution < -0.4 is 0 Å². The highest BCUT2D eigenvalue weighted by atomic mass is 16.3. The van der Waals surface area contributed by atoms with Gasteiger partial charge in [-0.25, -0.2) is 0 Å². The Morgan fingerprint density at radius 3 is 1.25 bits per heavy atom.